The van der Waals surface area contributed by atoms with Gasteiger partial charge in [0.15, 0.2) is 11.5 Å². The number of hydrogen-bond acceptors (Lipinski definition) is 4. The molecule has 0 saturated carbocycles. The summed E-state index contributed by atoms with van der Waals surface area (Å²) in [4.78, 5) is 12.4. The molecule has 5 nitrogen and oxygen atoms in total. The van der Waals surface area contributed by atoms with Crippen molar-refractivity contribution in [3.63, 3.8) is 0 Å². The number of methoxy groups -OCH3 is 1. The van der Waals surface area contributed by atoms with E-state index in [1.165, 1.54) is 19.2 Å². The first-order valence-electron chi connectivity index (χ1n) is 8.11. The number of anilines is 1. The van der Waals surface area contributed by atoms with Gasteiger partial charge in [0.05, 0.1) is 7.11 Å². The summed E-state index contributed by atoms with van der Waals surface area (Å²) >= 11 is 0. The maximum Gasteiger partial charge on any atom is 0.255 e. The lowest BCUT2D eigenvalue weighted by Gasteiger charge is -2.12. The highest BCUT2D eigenvalue weighted by atomic mass is 16.5. The van der Waals surface area contributed by atoms with Crippen molar-refractivity contribution >= 4 is 11.6 Å². The summed E-state index contributed by atoms with van der Waals surface area (Å²) in [5.41, 5.74) is 2.09. The average Bonchev–Trinajstić information content (AvgIpc) is 2.68. The molecule has 0 aliphatic carbocycles. The van der Waals surface area contributed by atoms with Crippen LogP contribution in [0.15, 0.2) is 72.8 Å². The van der Waals surface area contributed by atoms with Crippen LogP contribution < -0.4 is 14.8 Å². The Labute approximate surface area is 151 Å². The van der Waals surface area contributed by atoms with Crippen LogP contribution in [-0.2, 0) is 6.61 Å². The van der Waals surface area contributed by atoms with Crippen molar-refractivity contribution < 1.29 is 19.4 Å². The van der Waals surface area contributed by atoms with E-state index < -0.39 is 0 Å². The molecule has 0 bridgehead atoms. The highest BCUT2D eigenvalue weighted by Crippen LogP contribution is 2.29. The van der Waals surface area contributed by atoms with Crippen LogP contribution in [0, 0.1) is 0 Å². The summed E-state index contributed by atoms with van der Waals surface area (Å²) in [6, 6.07) is 21.1. The zero-order valence-corrected chi connectivity index (χ0v) is 14.3. The number of hydrogen-bond donors (Lipinski definition) is 2. The van der Waals surface area contributed by atoms with Crippen molar-refractivity contribution in [1.29, 1.82) is 0 Å². The molecule has 0 unspecified atom stereocenters. The summed E-state index contributed by atoms with van der Waals surface area (Å²) in [5.74, 6) is 0.921. The summed E-state index contributed by atoms with van der Waals surface area (Å²) in [6.07, 6.45) is 0. The topological polar surface area (TPSA) is 67.8 Å². The van der Waals surface area contributed by atoms with Gasteiger partial charge in [0.2, 0.25) is 0 Å². The number of rotatable bonds is 6. The fourth-order valence-corrected chi connectivity index (χ4v) is 2.41. The quantitative estimate of drug-likeness (QED) is 0.654. The molecule has 0 spiro atoms. The van der Waals surface area contributed by atoms with Gasteiger partial charge in [0.1, 0.15) is 12.4 Å². The molecule has 2 N–H and O–H groups in total. The number of aromatic hydroxyl groups is 1. The Kier molecular flexibility index (Phi) is 5.39. The van der Waals surface area contributed by atoms with E-state index in [1.54, 1.807) is 30.3 Å². The number of carbonyl (C=O) groups is 1. The van der Waals surface area contributed by atoms with Gasteiger partial charge in [0.25, 0.3) is 5.91 Å². The second kappa shape index (κ2) is 8.07. The number of amides is 1. The van der Waals surface area contributed by atoms with E-state index >= 15 is 0 Å². The van der Waals surface area contributed by atoms with E-state index in [-0.39, 0.29) is 11.7 Å². The molecule has 0 aromatic heterocycles. The number of phenolic OH excluding ortho intramolecular Hbond substituents is 1. The lowest BCUT2D eigenvalue weighted by molar-refractivity contribution is 0.102. The predicted molar refractivity (Wildman–Crippen MR) is 99.8 cm³/mol. The van der Waals surface area contributed by atoms with Crippen molar-refractivity contribution in [2.75, 3.05) is 12.4 Å². The Morgan fingerprint density at radius 1 is 0.962 bits per heavy atom. The van der Waals surface area contributed by atoms with Gasteiger partial charge in [-0.05, 0) is 48.0 Å². The Hall–Kier alpha value is -3.47. The fraction of sp³-hybridized carbons (Fsp3) is 0.0952. The third-order valence-electron chi connectivity index (χ3n) is 3.79. The van der Waals surface area contributed by atoms with Crippen molar-refractivity contribution in [3.8, 4) is 17.2 Å². The summed E-state index contributed by atoms with van der Waals surface area (Å²) in [7, 11) is 1.53. The molecule has 3 rings (SSSR count). The number of benzene rings is 3. The van der Waals surface area contributed by atoms with Crippen molar-refractivity contribution in [3.05, 3.63) is 83.9 Å². The smallest absolute Gasteiger partial charge is 0.255 e. The SMILES string of the molecule is COc1cc(C(=O)Nc2ccc(O)cc2)ccc1OCc1ccccc1. The van der Waals surface area contributed by atoms with Gasteiger partial charge in [-0.3, -0.25) is 4.79 Å². The molecule has 0 heterocycles. The molecule has 0 atom stereocenters. The molecule has 0 saturated heterocycles. The van der Waals surface area contributed by atoms with E-state index in [0.717, 1.165) is 5.56 Å². The van der Waals surface area contributed by atoms with Gasteiger partial charge >= 0.3 is 0 Å². The maximum absolute atomic E-state index is 12.4. The lowest BCUT2D eigenvalue weighted by Crippen LogP contribution is -2.12. The molecule has 3 aromatic rings. The van der Waals surface area contributed by atoms with Crippen molar-refractivity contribution in [2.45, 2.75) is 6.61 Å². The van der Waals surface area contributed by atoms with E-state index in [4.69, 9.17) is 9.47 Å². The van der Waals surface area contributed by atoms with E-state index in [0.29, 0.717) is 29.4 Å². The molecule has 0 aliphatic rings. The Bertz CT molecular complexity index is 876. The summed E-state index contributed by atoms with van der Waals surface area (Å²) < 4.78 is 11.1. The minimum absolute atomic E-state index is 0.143. The largest absolute Gasteiger partial charge is 0.508 e. The van der Waals surface area contributed by atoms with Crippen LogP contribution in [0.3, 0.4) is 0 Å². The minimum atomic E-state index is -0.274. The van der Waals surface area contributed by atoms with Crippen LogP contribution in [0.5, 0.6) is 17.2 Å². The normalized spacial score (nSPS) is 10.2. The van der Waals surface area contributed by atoms with Crippen LogP contribution in [0.4, 0.5) is 5.69 Å². The van der Waals surface area contributed by atoms with Gasteiger partial charge in [0, 0.05) is 11.3 Å². The third kappa shape index (κ3) is 4.33. The zero-order valence-electron chi connectivity index (χ0n) is 14.3. The molecule has 132 valence electrons. The first-order chi connectivity index (χ1) is 12.7. The molecule has 0 aliphatic heterocycles. The molecule has 26 heavy (non-hydrogen) atoms. The van der Waals surface area contributed by atoms with Crippen LogP contribution in [-0.4, -0.2) is 18.1 Å². The lowest BCUT2D eigenvalue weighted by atomic mass is 10.1. The van der Waals surface area contributed by atoms with E-state index in [1.807, 2.05) is 30.3 Å². The first kappa shape index (κ1) is 17.4. The van der Waals surface area contributed by atoms with Gasteiger partial charge < -0.3 is 19.9 Å². The highest BCUT2D eigenvalue weighted by molar-refractivity contribution is 6.04. The molecule has 3 aromatic carbocycles. The molecule has 5 heteroatoms. The van der Waals surface area contributed by atoms with Crippen molar-refractivity contribution in [1.82, 2.24) is 0 Å². The number of carbonyl (C=O) groups excluding carboxylic acids is 1. The van der Waals surface area contributed by atoms with Gasteiger partial charge in [-0.25, -0.2) is 0 Å². The van der Waals surface area contributed by atoms with Gasteiger partial charge in [-0.1, -0.05) is 30.3 Å². The number of phenols is 1. The van der Waals surface area contributed by atoms with Crippen molar-refractivity contribution in [2.24, 2.45) is 0 Å². The Morgan fingerprint density at radius 2 is 1.69 bits per heavy atom. The standard InChI is InChI=1S/C21H19NO4/c1-25-20-13-16(21(24)22-17-8-10-18(23)11-9-17)7-12-19(20)26-14-15-5-3-2-4-6-15/h2-13,23H,14H2,1H3,(H,22,24). The highest BCUT2D eigenvalue weighted by Gasteiger charge is 2.12. The van der Waals surface area contributed by atoms with Gasteiger partial charge in [-0.15, -0.1) is 0 Å². The van der Waals surface area contributed by atoms with E-state index in [9.17, 15) is 9.90 Å². The summed E-state index contributed by atoms with van der Waals surface area (Å²) in [6.45, 7) is 0.413. The van der Waals surface area contributed by atoms with Crippen LogP contribution in [0.1, 0.15) is 15.9 Å². The molecule has 0 fully saturated rings. The Morgan fingerprint density at radius 3 is 2.38 bits per heavy atom. The molecule has 1 amide bonds. The second-order valence-electron chi connectivity index (χ2n) is 5.64. The summed E-state index contributed by atoms with van der Waals surface area (Å²) in [5, 5.41) is 12.1. The van der Waals surface area contributed by atoms with E-state index in [2.05, 4.69) is 5.32 Å². The third-order valence-corrected chi connectivity index (χ3v) is 3.79. The minimum Gasteiger partial charge on any atom is -0.508 e. The Balaban J connectivity index is 1.71. The van der Waals surface area contributed by atoms with Gasteiger partial charge in [-0.2, -0.15) is 0 Å². The number of ether oxygens (including phenoxy) is 2. The molecular formula is C21H19NO4. The monoisotopic (exact) mass is 349 g/mol. The molecule has 0 radical (unpaired) electrons. The zero-order chi connectivity index (χ0) is 18.4. The van der Waals surface area contributed by atoms with Crippen LogP contribution in [0.2, 0.25) is 0 Å². The first-order valence-corrected chi connectivity index (χ1v) is 8.11. The second-order valence-corrected chi connectivity index (χ2v) is 5.64. The predicted octanol–water partition coefficient (Wildman–Crippen LogP) is 4.23. The number of nitrogens with one attached hydrogen (secondary N) is 1. The average molecular weight is 349 g/mol. The fourth-order valence-electron chi connectivity index (χ4n) is 2.41. The van der Waals surface area contributed by atoms with Crippen LogP contribution in [0.25, 0.3) is 0 Å². The maximum atomic E-state index is 12.4. The molecular weight excluding hydrogens is 330 g/mol. The van der Waals surface area contributed by atoms with Crippen LogP contribution >= 0.6 is 0 Å².